The van der Waals surface area contributed by atoms with Crippen molar-refractivity contribution in [3.05, 3.63) is 71.8 Å². The van der Waals surface area contributed by atoms with Gasteiger partial charge in [0.05, 0.1) is 7.11 Å². The fraction of sp³-hybridized carbons (Fsp3) is 0.316. The molecule has 122 valence electrons. The van der Waals surface area contributed by atoms with Gasteiger partial charge in [-0.3, -0.25) is 4.79 Å². The summed E-state index contributed by atoms with van der Waals surface area (Å²) >= 11 is 3.46. The average Bonchev–Trinajstić information content (AvgIpc) is 2.59. The minimum absolute atomic E-state index is 0.0923. The van der Waals surface area contributed by atoms with E-state index in [9.17, 15) is 4.79 Å². The molecule has 0 amide bonds. The minimum atomic E-state index is -0.0923. The summed E-state index contributed by atoms with van der Waals surface area (Å²) in [6.07, 6.45) is 21.2. The Hall–Kier alpha value is -1.81. The molecule has 3 nitrogen and oxygen atoms in total. The van der Waals surface area contributed by atoms with E-state index in [1.54, 1.807) is 12.2 Å². The van der Waals surface area contributed by atoms with Crippen molar-refractivity contribution >= 4 is 21.7 Å². The molecule has 0 atom stereocenters. The molecule has 2 rings (SSSR count). The molecule has 0 unspecified atom stereocenters. The summed E-state index contributed by atoms with van der Waals surface area (Å²) in [6, 6.07) is 0. The number of carbonyl (C=O) groups excluding carboxylic acids is 1. The molecule has 0 fully saturated rings. The monoisotopic (exact) mass is 375 g/mol. The highest BCUT2D eigenvalue weighted by molar-refractivity contribution is 9.09. The van der Waals surface area contributed by atoms with Crippen LogP contribution in [0.3, 0.4) is 0 Å². The molecule has 0 aromatic heterocycles. The highest BCUT2D eigenvalue weighted by atomic mass is 79.9. The van der Waals surface area contributed by atoms with Crippen LogP contribution in [0.4, 0.5) is 0 Å². The van der Waals surface area contributed by atoms with Crippen LogP contribution in [0.1, 0.15) is 19.3 Å². The topological polar surface area (TPSA) is 29.5 Å². The molecule has 4 heteroatoms. The first-order valence-corrected chi connectivity index (χ1v) is 8.93. The van der Waals surface area contributed by atoms with Crippen LogP contribution in [-0.4, -0.2) is 29.7 Å². The number of carbonyl (C=O) groups is 1. The van der Waals surface area contributed by atoms with Crippen molar-refractivity contribution in [1.82, 2.24) is 4.90 Å². The third kappa shape index (κ3) is 5.71. The van der Waals surface area contributed by atoms with E-state index in [1.165, 1.54) is 32.4 Å². The van der Waals surface area contributed by atoms with Gasteiger partial charge in [-0.05, 0) is 48.3 Å². The quantitative estimate of drug-likeness (QED) is 0.487. The minimum Gasteiger partial charge on any atom is -0.493 e. The summed E-state index contributed by atoms with van der Waals surface area (Å²) in [5.74, 6) is 0.284. The molecular weight excluding hydrogens is 354 g/mol. The van der Waals surface area contributed by atoms with Crippen LogP contribution in [0.25, 0.3) is 0 Å². The number of allylic oxidation sites excluding steroid dienone is 9. The maximum atomic E-state index is 11.5. The zero-order valence-electron chi connectivity index (χ0n) is 13.4. The highest BCUT2D eigenvalue weighted by Gasteiger charge is 2.10. The Kier molecular flexibility index (Phi) is 7.14. The number of nitrogens with zero attached hydrogens (tertiary/aromatic N) is 1. The number of rotatable bonds is 7. The molecule has 0 saturated carbocycles. The van der Waals surface area contributed by atoms with E-state index in [1.807, 2.05) is 12.2 Å². The van der Waals surface area contributed by atoms with Crippen molar-refractivity contribution in [2.75, 3.05) is 19.0 Å². The first-order chi connectivity index (χ1) is 11.2. The molecule has 1 aliphatic carbocycles. The zero-order valence-corrected chi connectivity index (χ0v) is 15.0. The number of unbranched alkanes of at least 4 members (excludes halogenated alkanes) is 2. The van der Waals surface area contributed by atoms with Crippen LogP contribution in [0.5, 0.6) is 0 Å². The smallest absolute Gasteiger partial charge is 0.220 e. The van der Waals surface area contributed by atoms with Crippen LogP contribution in [-0.2, 0) is 9.53 Å². The first-order valence-electron chi connectivity index (χ1n) is 7.81. The Morgan fingerprint density at radius 1 is 1.04 bits per heavy atom. The lowest BCUT2D eigenvalue weighted by Gasteiger charge is -2.18. The van der Waals surface area contributed by atoms with Gasteiger partial charge in [-0.2, -0.15) is 0 Å². The maximum absolute atomic E-state index is 11.5. The number of halogens is 1. The Balaban J connectivity index is 1.89. The van der Waals surface area contributed by atoms with Crippen LogP contribution in [0, 0.1) is 0 Å². The molecular formula is C19H22BrNO2. The van der Waals surface area contributed by atoms with Crippen molar-refractivity contribution in [3.8, 4) is 0 Å². The van der Waals surface area contributed by atoms with Gasteiger partial charge in [0.2, 0.25) is 5.78 Å². The number of ether oxygens (including phenoxy) is 1. The summed E-state index contributed by atoms with van der Waals surface area (Å²) in [5.41, 5.74) is 2.08. The molecule has 0 radical (unpaired) electrons. The van der Waals surface area contributed by atoms with Crippen molar-refractivity contribution in [3.63, 3.8) is 0 Å². The van der Waals surface area contributed by atoms with Gasteiger partial charge in [-0.15, -0.1) is 0 Å². The Morgan fingerprint density at radius 2 is 1.78 bits per heavy atom. The summed E-state index contributed by atoms with van der Waals surface area (Å²) in [5, 5.41) is 1.08. The fourth-order valence-electron chi connectivity index (χ4n) is 2.27. The van der Waals surface area contributed by atoms with Crippen molar-refractivity contribution in [1.29, 1.82) is 0 Å². The van der Waals surface area contributed by atoms with Crippen molar-refractivity contribution in [2.24, 2.45) is 0 Å². The largest absolute Gasteiger partial charge is 0.493 e. The predicted molar refractivity (Wildman–Crippen MR) is 98.0 cm³/mol. The standard InChI is InChI=1S/C19H22BrNO2/c1-23-19-15-17(7-8-18(19)22)6-5-16-9-13-21(14-10-16)12-4-2-3-11-20/h5-10,13-15H,2-4,11-12H2,1H3. The number of ketones is 1. The maximum Gasteiger partial charge on any atom is 0.220 e. The predicted octanol–water partition coefficient (Wildman–Crippen LogP) is 4.42. The summed E-state index contributed by atoms with van der Waals surface area (Å²) < 4.78 is 5.06. The highest BCUT2D eigenvalue weighted by Crippen LogP contribution is 2.16. The molecule has 1 aliphatic heterocycles. The van der Waals surface area contributed by atoms with E-state index < -0.39 is 0 Å². The van der Waals surface area contributed by atoms with Gasteiger partial charge in [0.1, 0.15) is 0 Å². The second-order valence-corrected chi connectivity index (χ2v) is 6.16. The number of hydrogen-bond acceptors (Lipinski definition) is 3. The van der Waals surface area contributed by atoms with Crippen molar-refractivity contribution < 1.29 is 9.53 Å². The molecule has 0 saturated heterocycles. The first kappa shape index (κ1) is 17.5. The van der Waals surface area contributed by atoms with Gasteiger partial charge in [-0.25, -0.2) is 0 Å². The van der Waals surface area contributed by atoms with Gasteiger partial charge in [-0.1, -0.05) is 40.6 Å². The molecule has 0 aromatic rings. The summed E-state index contributed by atoms with van der Waals surface area (Å²) in [7, 11) is 1.51. The van der Waals surface area contributed by atoms with E-state index >= 15 is 0 Å². The van der Waals surface area contributed by atoms with Gasteiger partial charge in [0.15, 0.2) is 5.76 Å². The molecule has 1 heterocycles. The van der Waals surface area contributed by atoms with Crippen LogP contribution < -0.4 is 0 Å². The molecule has 0 aromatic carbocycles. The second kappa shape index (κ2) is 9.36. The molecule has 0 bridgehead atoms. The van der Waals surface area contributed by atoms with Gasteiger partial charge < -0.3 is 9.64 Å². The molecule has 2 aliphatic rings. The number of hydrogen-bond donors (Lipinski definition) is 0. The lowest BCUT2D eigenvalue weighted by atomic mass is 10.1. The van der Waals surface area contributed by atoms with E-state index in [-0.39, 0.29) is 5.78 Å². The number of alkyl halides is 1. The molecule has 0 N–H and O–H groups in total. The van der Waals surface area contributed by atoms with Crippen LogP contribution in [0.15, 0.2) is 71.8 Å². The van der Waals surface area contributed by atoms with Crippen LogP contribution >= 0.6 is 15.9 Å². The Bertz CT molecular complexity index is 593. The van der Waals surface area contributed by atoms with Crippen LogP contribution in [0.2, 0.25) is 0 Å². The van der Waals surface area contributed by atoms with E-state index in [2.05, 4.69) is 45.4 Å². The molecule has 23 heavy (non-hydrogen) atoms. The molecule has 0 spiro atoms. The third-order valence-corrected chi connectivity index (χ3v) is 4.18. The van der Waals surface area contributed by atoms with Crippen molar-refractivity contribution in [2.45, 2.75) is 19.3 Å². The SMILES string of the molecule is COC1=CC(=CC=C2C=CN(CCCCCBr)C=C2)C=CC1=O. The lowest BCUT2D eigenvalue weighted by Crippen LogP contribution is -2.13. The Labute approximate surface area is 146 Å². The second-order valence-electron chi connectivity index (χ2n) is 5.36. The lowest BCUT2D eigenvalue weighted by molar-refractivity contribution is -0.114. The summed E-state index contributed by atoms with van der Waals surface area (Å²) in [4.78, 5) is 13.7. The average molecular weight is 376 g/mol. The third-order valence-electron chi connectivity index (χ3n) is 3.62. The number of methoxy groups -OCH3 is 1. The fourth-order valence-corrected chi connectivity index (χ4v) is 2.67. The zero-order chi connectivity index (χ0) is 16.5. The van der Waals surface area contributed by atoms with E-state index in [0.717, 1.165) is 23.0 Å². The van der Waals surface area contributed by atoms with Gasteiger partial charge in [0.25, 0.3) is 0 Å². The summed E-state index contributed by atoms with van der Waals surface area (Å²) in [6.45, 7) is 1.05. The normalized spacial score (nSPS) is 18.6. The Morgan fingerprint density at radius 3 is 2.48 bits per heavy atom. The van der Waals surface area contributed by atoms with E-state index in [4.69, 9.17) is 4.74 Å². The van der Waals surface area contributed by atoms with Gasteiger partial charge >= 0.3 is 0 Å². The van der Waals surface area contributed by atoms with E-state index in [0.29, 0.717) is 5.76 Å². The van der Waals surface area contributed by atoms with Gasteiger partial charge in [0, 0.05) is 24.3 Å².